The Morgan fingerprint density at radius 1 is 1.05 bits per heavy atom. The van der Waals surface area contributed by atoms with Gasteiger partial charge in [-0.2, -0.15) is 5.10 Å². The van der Waals surface area contributed by atoms with E-state index in [0.717, 1.165) is 25.0 Å². The first-order valence-electron chi connectivity index (χ1n) is 7.33. The highest BCUT2D eigenvalue weighted by atomic mass is 16.5. The van der Waals surface area contributed by atoms with Gasteiger partial charge in [0.15, 0.2) is 0 Å². The van der Waals surface area contributed by atoms with Crippen LogP contribution in [-0.4, -0.2) is 31.9 Å². The molecule has 0 aromatic heterocycles. The van der Waals surface area contributed by atoms with E-state index in [1.54, 1.807) is 7.11 Å². The van der Waals surface area contributed by atoms with E-state index in [4.69, 9.17) is 9.84 Å². The number of aryl methyl sites for hydroxylation is 1. The van der Waals surface area contributed by atoms with E-state index in [0.29, 0.717) is 0 Å². The van der Waals surface area contributed by atoms with Crippen LogP contribution in [0.4, 0.5) is 0 Å². The first-order valence-corrected chi connectivity index (χ1v) is 7.33. The van der Waals surface area contributed by atoms with E-state index in [1.165, 1.54) is 40.8 Å². The van der Waals surface area contributed by atoms with Gasteiger partial charge in [0.05, 0.1) is 12.8 Å². The molecule has 3 rings (SSSR count). The number of methoxy groups -OCH3 is 1. The van der Waals surface area contributed by atoms with Crippen molar-refractivity contribution in [1.29, 1.82) is 0 Å². The Hall–Kier alpha value is -1.77. The molecule has 0 saturated carbocycles. The van der Waals surface area contributed by atoms with E-state index in [9.17, 15) is 0 Å². The average molecular weight is 270 g/mol. The highest BCUT2D eigenvalue weighted by Crippen LogP contribution is 2.40. The summed E-state index contributed by atoms with van der Waals surface area (Å²) in [5.74, 6) is 0.964. The highest BCUT2D eigenvalue weighted by molar-refractivity contribution is 6.08. The van der Waals surface area contributed by atoms with Crippen molar-refractivity contribution in [2.45, 2.75) is 32.1 Å². The van der Waals surface area contributed by atoms with E-state index in [1.807, 2.05) is 19.1 Å². The molecule has 0 saturated heterocycles. The molecular formula is C17H22N2O. The second-order valence-electron chi connectivity index (χ2n) is 5.73. The molecule has 1 aromatic rings. The van der Waals surface area contributed by atoms with Gasteiger partial charge in [0, 0.05) is 14.1 Å². The molecule has 0 aliphatic heterocycles. The number of benzene rings is 1. The predicted octanol–water partition coefficient (Wildman–Crippen LogP) is 3.50. The third-order valence-electron chi connectivity index (χ3n) is 4.16. The molecule has 1 aromatic carbocycles. The molecule has 20 heavy (non-hydrogen) atoms. The summed E-state index contributed by atoms with van der Waals surface area (Å²) in [6, 6.07) is 6.49. The van der Waals surface area contributed by atoms with Crippen molar-refractivity contribution in [3.63, 3.8) is 0 Å². The zero-order valence-electron chi connectivity index (χ0n) is 12.6. The normalized spacial score (nSPS) is 19.6. The van der Waals surface area contributed by atoms with Gasteiger partial charge in [0.1, 0.15) is 5.75 Å². The quantitative estimate of drug-likeness (QED) is 0.768. The maximum atomic E-state index is 5.34. The van der Waals surface area contributed by atoms with Gasteiger partial charge in [-0.3, -0.25) is 0 Å². The van der Waals surface area contributed by atoms with Crippen molar-refractivity contribution in [3.05, 3.63) is 34.9 Å². The number of rotatable bonds is 2. The molecule has 0 fully saturated rings. The maximum absolute atomic E-state index is 5.34. The molecule has 2 aliphatic rings. The summed E-state index contributed by atoms with van der Waals surface area (Å²) in [6.45, 7) is 0. The van der Waals surface area contributed by atoms with Crippen LogP contribution in [0.5, 0.6) is 5.75 Å². The third kappa shape index (κ3) is 2.33. The Morgan fingerprint density at radius 3 is 2.65 bits per heavy atom. The Labute approximate surface area is 120 Å². The van der Waals surface area contributed by atoms with Crippen LogP contribution in [0.25, 0.3) is 5.57 Å². The van der Waals surface area contributed by atoms with Gasteiger partial charge in [-0.15, -0.1) is 0 Å². The molecule has 0 N–H and O–H groups in total. The Morgan fingerprint density at radius 2 is 1.90 bits per heavy atom. The summed E-state index contributed by atoms with van der Waals surface area (Å²) in [5, 5.41) is 6.62. The monoisotopic (exact) mass is 270 g/mol. The minimum Gasteiger partial charge on any atom is -0.497 e. The van der Waals surface area contributed by atoms with Gasteiger partial charge in [0.2, 0.25) is 0 Å². The van der Waals surface area contributed by atoms with Gasteiger partial charge in [0.25, 0.3) is 0 Å². The minimum absolute atomic E-state index is 0.964. The number of hydrogen-bond donors (Lipinski definition) is 0. The molecule has 2 aliphatic carbocycles. The molecule has 0 spiro atoms. The summed E-state index contributed by atoms with van der Waals surface area (Å²) in [7, 11) is 5.74. The predicted molar refractivity (Wildman–Crippen MR) is 83.2 cm³/mol. The fourth-order valence-electron chi connectivity index (χ4n) is 3.31. The lowest BCUT2D eigenvalue weighted by molar-refractivity contribution is 0.414. The lowest BCUT2D eigenvalue weighted by Crippen LogP contribution is -2.19. The van der Waals surface area contributed by atoms with Crippen molar-refractivity contribution >= 4 is 11.3 Å². The smallest absolute Gasteiger partial charge is 0.119 e. The number of allylic oxidation sites excluding steroid dienone is 2. The molecule has 0 amide bonds. The van der Waals surface area contributed by atoms with Gasteiger partial charge in [-0.25, -0.2) is 0 Å². The Kier molecular flexibility index (Phi) is 3.51. The number of ether oxygens (including phenoxy) is 1. The fourth-order valence-corrected chi connectivity index (χ4v) is 3.31. The van der Waals surface area contributed by atoms with Crippen molar-refractivity contribution in [2.75, 3.05) is 21.2 Å². The molecule has 0 radical (unpaired) electrons. The summed E-state index contributed by atoms with van der Waals surface area (Å²) in [6.07, 6.45) is 5.71. The van der Waals surface area contributed by atoms with Gasteiger partial charge >= 0.3 is 0 Å². The summed E-state index contributed by atoms with van der Waals surface area (Å²) >= 11 is 0. The van der Waals surface area contributed by atoms with E-state index in [-0.39, 0.29) is 0 Å². The minimum atomic E-state index is 0.964. The van der Waals surface area contributed by atoms with Crippen molar-refractivity contribution < 1.29 is 4.74 Å². The standard InChI is InChI=1S/C17H22N2O/c1-19(2)18-17-6-4-5-15-14-10-8-13(20-3)11-12(14)7-9-16(15)17/h8,10-11H,4-7,9H2,1-3H3/b18-17+. The molecule has 3 nitrogen and oxygen atoms in total. The first-order chi connectivity index (χ1) is 9.69. The van der Waals surface area contributed by atoms with Crippen LogP contribution in [0.3, 0.4) is 0 Å². The first kappa shape index (κ1) is 13.2. The van der Waals surface area contributed by atoms with Gasteiger partial charge < -0.3 is 9.75 Å². The third-order valence-corrected chi connectivity index (χ3v) is 4.16. The van der Waals surface area contributed by atoms with Crippen LogP contribution >= 0.6 is 0 Å². The van der Waals surface area contributed by atoms with Gasteiger partial charge in [-0.1, -0.05) is 6.07 Å². The number of hydrogen-bond acceptors (Lipinski definition) is 3. The number of nitrogens with zero attached hydrogens (tertiary/aromatic N) is 2. The van der Waals surface area contributed by atoms with Crippen LogP contribution < -0.4 is 4.74 Å². The van der Waals surface area contributed by atoms with Crippen LogP contribution in [-0.2, 0) is 6.42 Å². The van der Waals surface area contributed by atoms with E-state index < -0.39 is 0 Å². The van der Waals surface area contributed by atoms with E-state index >= 15 is 0 Å². The van der Waals surface area contributed by atoms with Crippen LogP contribution in [0.2, 0.25) is 0 Å². The highest BCUT2D eigenvalue weighted by Gasteiger charge is 2.25. The zero-order valence-corrected chi connectivity index (χ0v) is 12.6. The number of hydrazone groups is 1. The Bertz CT molecular complexity index is 585. The van der Waals surface area contributed by atoms with Crippen molar-refractivity contribution in [3.8, 4) is 5.75 Å². The summed E-state index contributed by atoms with van der Waals surface area (Å²) in [5.41, 5.74) is 7.13. The number of fused-ring (bicyclic) bond motifs is 2. The zero-order chi connectivity index (χ0) is 14.1. The molecule has 3 heteroatoms. The summed E-state index contributed by atoms with van der Waals surface area (Å²) < 4.78 is 5.34. The van der Waals surface area contributed by atoms with Crippen LogP contribution in [0.1, 0.15) is 36.8 Å². The molecule has 106 valence electrons. The molecule has 0 heterocycles. The summed E-state index contributed by atoms with van der Waals surface area (Å²) in [4.78, 5) is 0. The second-order valence-corrected chi connectivity index (χ2v) is 5.73. The molecule has 0 bridgehead atoms. The van der Waals surface area contributed by atoms with Crippen LogP contribution in [0, 0.1) is 0 Å². The van der Waals surface area contributed by atoms with Crippen molar-refractivity contribution in [2.24, 2.45) is 5.10 Å². The SMILES string of the molecule is COc1ccc2c(c1)CCC1=C2CCC/C1=N\N(C)C. The van der Waals surface area contributed by atoms with Crippen molar-refractivity contribution in [1.82, 2.24) is 5.01 Å². The van der Waals surface area contributed by atoms with E-state index in [2.05, 4.69) is 18.2 Å². The fraction of sp³-hybridized carbons (Fsp3) is 0.471. The topological polar surface area (TPSA) is 24.8 Å². The van der Waals surface area contributed by atoms with Crippen LogP contribution in [0.15, 0.2) is 28.9 Å². The largest absolute Gasteiger partial charge is 0.497 e. The average Bonchev–Trinajstić information content (AvgIpc) is 2.46. The lowest BCUT2D eigenvalue weighted by Gasteiger charge is -2.29. The molecule has 0 unspecified atom stereocenters. The molecule has 0 atom stereocenters. The maximum Gasteiger partial charge on any atom is 0.119 e. The van der Waals surface area contributed by atoms with Gasteiger partial charge in [-0.05, 0) is 66.5 Å². The lowest BCUT2D eigenvalue weighted by atomic mass is 9.77. The second kappa shape index (κ2) is 5.31. The Balaban J connectivity index is 2.06. The molecular weight excluding hydrogens is 248 g/mol.